The summed E-state index contributed by atoms with van der Waals surface area (Å²) in [5.41, 5.74) is 2.06. The van der Waals surface area contributed by atoms with Crippen molar-refractivity contribution in [1.29, 1.82) is 0 Å². The fraction of sp³-hybridized carbons (Fsp3) is 0.167. The number of para-hydroxylation sites is 1. The Balaban J connectivity index is 2.14. The van der Waals surface area contributed by atoms with Crippen LogP contribution in [0.1, 0.15) is 0 Å². The highest BCUT2D eigenvalue weighted by Gasteiger charge is 2.20. The summed E-state index contributed by atoms with van der Waals surface area (Å²) in [6.07, 6.45) is 0. The standard InChI is InChI=1S/C18H17Cl2N3O2S2/c1-22(2)27(24,25)12-8-9-14(19)13(10-12)17-11-26-18(23(17)3)21-16-7-5-4-6-15(16)20/h4-11H,1-3H3/b21-18+. The van der Waals surface area contributed by atoms with Crippen LogP contribution in [-0.4, -0.2) is 31.4 Å². The van der Waals surface area contributed by atoms with Crippen molar-refractivity contribution in [2.24, 2.45) is 12.0 Å². The summed E-state index contributed by atoms with van der Waals surface area (Å²) < 4.78 is 27.9. The number of halogens is 2. The van der Waals surface area contributed by atoms with Crippen molar-refractivity contribution in [2.75, 3.05) is 14.1 Å². The van der Waals surface area contributed by atoms with Gasteiger partial charge in [-0.05, 0) is 30.3 Å². The van der Waals surface area contributed by atoms with Gasteiger partial charge >= 0.3 is 0 Å². The number of hydrogen-bond acceptors (Lipinski definition) is 4. The van der Waals surface area contributed by atoms with Gasteiger partial charge in [0.05, 0.1) is 21.3 Å². The highest BCUT2D eigenvalue weighted by Crippen LogP contribution is 2.31. The lowest BCUT2D eigenvalue weighted by molar-refractivity contribution is 0.521. The number of hydrogen-bond donors (Lipinski definition) is 0. The summed E-state index contributed by atoms with van der Waals surface area (Å²) in [6, 6.07) is 12.0. The average Bonchev–Trinajstić information content (AvgIpc) is 2.97. The Morgan fingerprint density at radius 3 is 2.44 bits per heavy atom. The minimum Gasteiger partial charge on any atom is -0.319 e. The van der Waals surface area contributed by atoms with Gasteiger partial charge in [0.25, 0.3) is 0 Å². The van der Waals surface area contributed by atoms with Gasteiger partial charge in [-0.2, -0.15) is 0 Å². The lowest BCUT2D eigenvalue weighted by Gasteiger charge is -2.13. The van der Waals surface area contributed by atoms with Crippen molar-refractivity contribution in [3.8, 4) is 11.3 Å². The maximum Gasteiger partial charge on any atom is 0.242 e. The van der Waals surface area contributed by atoms with Crippen molar-refractivity contribution in [2.45, 2.75) is 4.90 Å². The maximum atomic E-state index is 12.4. The van der Waals surface area contributed by atoms with Crippen LogP contribution >= 0.6 is 34.5 Å². The first-order valence-electron chi connectivity index (χ1n) is 7.88. The van der Waals surface area contributed by atoms with Gasteiger partial charge in [0.15, 0.2) is 4.80 Å². The molecule has 0 aliphatic rings. The number of aromatic nitrogens is 1. The van der Waals surface area contributed by atoms with Crippen molar-refractivity contribution in [1.82, 2.24) is 8.87 Å². The first-order chi connectivity index (χ1) is 12.7. The molecule has 0 unspecified atom stereocenters. The molecule has 3 rings (SSSR count). The molecule has 0 bridgehead atoms. The van der Waals surface area contributed by atoms with Gasteiger partial charge in [-0.1, -0.05) is 35.3 Å². The molecule has 142 valence electrons. The Hall–Kier alpha value is -1.64. The van der Waals surface area contributed by atoms with Gasteiger partial charge in [-0.25, -0.2) is 17.7 Å². The maximum absolute atomic E-state index is 12.4. The number of thiazole rings is 1. The van der Waals surface area contributed by atoms with Crippen LogP contribution in [-0.2, 0) is 17.1 Å². The summed E-state index contributed by atoms with van der Waals surface area (Å²) in [4.78, 5) is 5.50. The summed E-state index contributed by atoms with van der Waals surface area (Å²) in [5.74, 6) is 0. The highest BCUT2D eigenvalue weighted by molar-refractivity contribution is 7.89. The topological polar surface area (TPSA) is 54.7 Å². The molecule has 1 heterocycles. The Morgan fingerprint density at radius 1 is 1.07 bits per heavy atom. The number of benzene rings is 2. The first kappa shape index (κ1) is 20.1. The molecule has 3 aromatic rings. The smallest absolute Gasteiger partial charge is 0.242 e. The van der Waals surface area contributed by atoms with E-state index in [1.54, 1.807) is 18.2 Å². The minimum atomic E-state index is -3.56. The molecule has 27 heavy (non-hydrogen) atoms. The molecule has 0 amide bonds. The highest BCUT2D eigenvalue weighted by atomic mass is 35.5. The van der Waals surface area contributed by atoms with Crippen LogP contribution in [0.25, 0.3) is 11.3 Å². The zero-order chi connectivity index (χ0) is 19.8. The van der Waals surface area contributed by atoms with Gasteiger partial charge in [0.2, 0.25) is 10.0 Å². The van der Waals surface area contributed by atoms with Crippen LogP contribution in [0.3, 0.4) is 0 Å². The van der Waals surface area contributed by atoms with Gasteiger partial charge < -0.3 is 4.57 Å². The lowest BCUT2D eigenvalue weighted by atomic mass is 10.2. The average molecular weight is 442 g/mol. The molecule has 0 radical (unpaired) electrons. The van der Waals surface area contributed by atoms with Gasteiger partial charge in [0, 0.05) is 37.1 Å². The van der Waals surface area contributed by atoms with E-state index in [4.69, 9.17) is 23.2 Å². The van der Waals surface area contributed by atoms with Gasteiger partial charge in [0.1, 0.15) is 0 Å². The van der Waals surface area contributed by atoms with E-state index in [0.717, 1.165) is 10.5 Å². The van der Waals surface area contributed by atoms with Gasteiger partial charge in [-0.15, -0.1) is 11.3 Å². The second-order valence-electron chi connectivity index (χ2n) is 5.95. The van der Waals surface area contributed by atoms with E-state index in [-0.39, 0.29) is 4.90 Å². The molecule has 9 heteroatoms. The molecule has 0 aliphatic carbocycles. The second-order valence-corrected chi connectivity index (χ2v) is 9.76. The van der Waals surface area contributed by atoms with Crippen molar-refractivity contribution in [3.63, 3.8) is 0 Å². The molecule has 0 N–H and O–H groups in total. The van der Waals surface area contributed by atoms with E-state index in [2.05, 4.69) is 4.99 Å². The monoisotopic (exact) mass is 441 g/mol. The second kappa shape index (κ2) is 7.77. The molecule has 0 fully saturated rings. The molecule has 5 nitrogen and oxygen atoms in total. The van der Waals surface area contributed by atoms with E-state index in [1.165, 1.54) is 35.8 Å². The fourth-order valence-electron chi connectivity index (χ4n) is 2.43. The summed E-state index contributed by atoms with van der Waals surface area (Å²) in [6.45, 7) is 0. The zero-order valence-electron chi connectivity index (χ0n) is 14.8. The normalized spacial score (nSPS) is 12.7. The summed E-state index contributed by atoms with van der Waals surface area (Å²) in [7, 11) is 1.29. The molecule has 0 spiro atoms. The largest absolute Gasteiger partial charge is 0.319 e. The first-order valence-corrected chi connectivity index (χ1v) is 11.0. The molecule has 0 saturated heterocycles. The lowest BCUT2D eigenvalue weighted by Crippen LogP contribution is -2.22. The van der Waals surface area contributed by atoms with Gasteiger partial charge in [-0.3, -0.25) is 0 Å². The molecule has 0 aliphatic heterocycles. The van der Waals surface area contributed by atoms with Crippen LogP contribution in [0, 0.1) is 0 Å². The Bertz CT molecular complexity index is 1170. The van der Waals surface area contributed by atoms with Crippen LogP contribution in [0.5, 0.6) is 0 Å². The zero-order valence-corrected chi connectivity index (χ0v) is 18.0. The van der Waals surface area contributed by atoms with E-state index < -0.39 is 10.0 Å². The third-order valence-corrected chi connectivity index (χ3v) is 7.36. The third-order valence-electron chi connectivity index (χ3n) is 3.99. The van der Waals surface area contributed by atoms with E-state index >= 15 is 0 Å². The summed E-state index contributed by atoms with van der Waals surface area (Å²) in [5, 5.41) is 2.91. The minimum absolute atomic E-state index is 0.183. The molecule has 0 atom stereocenters. The molecule has 0 saturated carbocycles. The fourth-order valence-corrected chi connectivity index (χ4v) is 4.66. The number of nitrogens with zero attached hydrogens (tertiary/aromatic N) is 3. The van der Waals surface area contributed by atoms with Crippen molar-refractivity contribution < 1.29 is 8.42 Å². The molecular formula is C18H17Cl2N3O2S2. The third kappa shape index (κ3) is 3.97. The van der Waals surface area contributed by atoms with Crippen LogP contribution in [0.2, 0.25) is 10.0 Å². The van der Waals surface area contributed by atoms with Crippen LogP contribution in [0.15, 0.2) is 57.7 Å². The number of sulfonamides is 1. The SMILES string of the molecule is CN(C)S(=O)(=O)c1ccc(Cl)c(-c2cs/c(=N/c3ccccc3Cl)n2C)c1. The van der Waals surface area contributed by atoms with Crippen molar-refractivity contribution in [3.05, 3.63) is 62.7 Å². The van der Waals surface area contributed by atoms with E-state index in [9.17, 15) is 8.42 Å². The summed E-state index contributed by atoms with van der Waals surface area (Å²) >= 11 is 14.0. The Morgan fingerprint density at radius 2 is 1.78 bits per heavy atom. The van der Waals surface area contributed by atoms with Crippen molar-refractivity contribution >= 4 is 50.2 Å². The van der Waals surface area contributed by atoms with E-state index in [0.29, 0.717) is 21.3 Å². The quantitative estimate of drug-likeness (QED) is 0.596. The Kier molecular flexibility index (Phi) is 5.79. The predicted octanol–water partition coefficient (Wildman–Crippen LogP) is 4.54. The number of rotatable bonds is 4. The molecule has 1 aromatic heterocycles. The molecular weight excluding hydrogens is 425 g/mol. The van der Waals surface area contributed by atoms with Crippen LogP contribution in [0.4, 0.5) is 5.69 Å². The Labute approximate surface area is 172 Å². The van der Waals surface area contributed by atoms with E-state index in [1.807, 2.05) is 35.2 Å². The van der Waals surface area contributed by atoms with Crippen LogP contribution < -0.4 is 4.80 Å². The molecule has 2 aromatic carbocycles. The predicted molar refractivity (Wildman–Crippen MR) is 111 cm³/mol.